The summed E-state index contributed by atoms with van der Waals surface area (Å²) < 4.78 is 4.80. The van der Waals surface area contributed by atoms with E-state index in [1.165, 1.54) is 16.7 Å². The van der Waals surface area contributed by atoms with Crippen LogP contribution in [0.3, 0.4) is 0 Å². The van der Waals surface area contributed by atoms with Crippen molar-refractivity contribution in [3.63, 3.8) is 0 Å². The second-order valence-electron chi connectivity index (χ2n) is 8.10. The normalized spacial score (nSPS) is 22.1. The molecular weight excluding hydrogens is 388 g/mol. The second kappa shape index (κ2) is 8.92. The number of thioether (sulfide) groups is 1. The van der Waals surface area contributed by atoms with Crippen LogP contribution in [0.1, 0.15) is 38.5 Å². The smallest absolute Gasteiger partial charge is 0.289 e. The van der Waals surface area contributed by atoms with Gasteiger partial charge in [-0.3, -0.25) is 19.4 Å². The first-order chi connectivity index (χ1) is 14.1. The molecule has 0 unspecified atom stereocenters. The third-order valence-electron chi connectivity index (χ3n) is 6.27. The van der Waals surface area contributed by atoms with Gasteiger partial charge in [0.1, 0.15) is 10.6 Å². The summed E-state index contributed by atoms with van der Waals surface area (Å²) in [6.07, 6.45) is 5.75. The number of unbranched alkanes of at least 4 members (excludes halogenated alkanes) is 1. The summed E-state index contributed by atoms with van der Waals surface area (Å²) >= 11 is 1.29. The van der Waals surface area contributed by atoms with Crippen molar-refractivity contribution in [3.05, 3.63) is 18.2 Å². The van der Waals surface area contributed by atoms with Crippen LogP contribution in [0.2, 0.25) is 0 Å². The van der Waals surface area contributed by atoms with E-state index in [-0.39, 0.29) is 11.1 Å². The number of aromatic nitrogens is 1. The number of hydrogen-bond donors (Lipinski definition) is 0. The van der Waals surface area contributed by atoms with Gasteiger partial charge in [-0.25, -0.2) is 0 Å². The van der Waals surface area contributed by atoms with Gasteiger partial charge < -0.3 is 9.64 Å². The number of nitrogens with zero attached hydrogens (tertiary/aromatic N) is 4. The van der Waals surface area contributed by atoms with Crippen LogP contribution in [-0.4, -0.2) is 77.1 Å². The maximum absolute atomic E-state index is 12.7. The fraction of sp³-hybridized carbons (Fsp3) is 0.667. The average Bonchev–Trinajstić information content (AvgIpc) is 3.31. The molecule has 2 saturated heterocycles. The van der Waals surface area contributed by atoms with Crippen molar-refractivity contribution in [3.8, 4) is 5.88 Å². The maximum Gasteiger partial charge on any atom is 0.289 e. The molecule has 0 atom stereocenters. The molecule has 29 heavy (non-hydrogen) atoms. The van der Waals surface area contributed by atoms with E-state index in [1.807, 2.05) is 18.2 Å². The van der Waals surface area contributed by atoms with Crippen molar-refractivity contribution in [1.82, 2.24) is 14.8 Å². The monoisotopic (exact) mass is 418 g/mol. The number of carbonyl (C=O) groups is 2. The summed E-state index contributed by atoms with van der Waals surface area (Å²) in [4.78, 5) is 35.8. The lowest BCUT2D eigenvalue weighted by Crippen LogP contribution is -2.47. The molecule has 7 nitrogen and oxygen atoms in total. The van der Waals surface area contributed by atoms with E-state index in [2.05, 4.69) is 14.8 Å². The van der Waals surface area contributed by atoms with Crippen LogP contribution in [-0.2, 0) is 4.79 Å². The van der Waals surface area contributed by atoms with Crippen molar-refractivity contribution in [2.75, 3.05) is 51.3 Å². The molecule has 3 fully saturated rings. The van der Waals surface area contributed by atoms with Crippen molar-refractivity contribution in [1.29, 1.82) is 0 Å². The van der Waals surface area contributed by atoms with Crippen LogP contribution in [0.5, 0.6) is 5.88 Å². The lowest BCUT2D eigenvalue weighted by Gasteiger charge is -2.35. The van der Waals surface area contributed by atoms with E-state index in [1.54, 1.807) is 7.11 Å². The molecule has 4 rings (SSSR count). The average molecular weight is 419 g/mol. The standard InChI is InChI=1S/C21H30N4O3S/c1-28-18-8-6-7-17(22-18)24-15-13-23(14-16-24)11-4-5-12-25-19(26)21(29-20(25)27)9-2-3-10-21/h6-8H,2-5,9-16H2,1H3. The third-order valence-corrected chi connectivity index (χ3v) is 7.64. The SMILES string of the molecule is COc1cccc(N2CCN(CCCCN3C(=O)SC4(CCCC4)C3=O)CC2)n1. The first-order valence-electron chi connectivity index (χ1n) is 10.6. The number of imide groups is 1. The number of anilines is 1. The van der Waals surface area contributed by atoms with Crippen LogP contribution in [0, 0.1) is 0 Å². The van der Waals surface area contributed by atoms with E-state index in [0.29, 0.717) is 12.4 Å². The number of methoxy groups -OCH3 is 1. The minimum Gasteiger partial charge on any atom is -0.481 e. The molecule has 1 saturated carbocycles. The minimum atomic E-state index is -0.415. The Bertz CT molecular complexity index is 745. The predicted molar refractivity (Wildman–Crippen MR) is 115 cm³/mol. The Balaban J connectivity index is 1.18. The highest BCUT2D eigenvalue weighted by molar-refractivity contribution is 8.16. The zero-order valence-electron chi connectivity index (χ0n) is 17.1. The van der Waals surface area contributed by atoms with E-state index < -0.39 is 4.75 Å². The molecule has 3 heterocycles. The van der Waals surface area contributed by atoms with E-state index in [0.717, 1.165) is 77.1 Å². The molecule has 1 aromatic rings. The van der Waals surface area contributed by atoms with Crippen molar-refractivity contribution >= 4 is 28.7 Å². The van der Waals surface area contributed by atoms with Crippen LogP contribution >= 0.6 is 11.8 Å². The molecular formula is C21H30N4O3S. The summed E-state index contributed by atoms with van der Waals surface area (Å²) in [5.41, 5.74) is 0. The molecule has 1 aliphatic carbocycles. The quantitative estimate of drug-likeness (QED) is 0.631. The molecule has 8 heteroatoms. The summed E-state index contributed by atoms with van der Waals surface area (Å²) in [6, 6.07) is 5.86. The molecule has 0 radical (unpaired) electrons. The Morgan fingerprint density at radius 3 is 2.52 bits per heavy atom. The molecule has 0 aromatic carbocycles. The first-order valence-corrected chi connectivity index (χ1v) is 11.5. The van der Waals surface area contributed by atoms with Gasteiger partial charge in [0.05, 0.1) is 7.11 Å². The molecule has 158 valence electrons. The molecule has 1 aromatic heterocycles. The Morgan fingerprint density at radius 2 is 1.79 bits per heavy atom. The zero-order valence-corrected chi connectivity index (χ0v) is 18.0. The highest BCUT2D eigenvalue weighted by Crippen LogP contribution is 2.48. The highest BCUT2D eigenvalue weighted by atomic mass is 32.2. The number of piperazine rings is 1. The summed E-state index contributed by atoms with van der Waals surface area (Å²) in [6.45, 7) is 5.47. The zero-order chi connectivity index (χ0) is 20.3. The van der Waals surface area contributed by atoms with Crippen molar-refractivity contribution in [2.45, 2.75) is 43.3 Å². The Morgan fingerprint density at radius 1 is 1.07 bits per heavy atom. The van der Waals surface area contributed by atoms with Gasteiger partial charge in [0.25, 0.3) is 5.24 Å². The Labute approximate surface area is 176 Å². The van der Waals surface area contributed by atoms with Crippen LogP contribution in [0.4, 0.5) is 10.6 Å². The highest BCUT2D eigenvalue weighted by Gasteiger charge is 2.53. The number of carbonyl (C=O) groups excluding carboxylic acids is 2. The van der Waals surface area contributed by atoms with Gasteiger partial charge in [-0.2, -0.15) is 4.98 Å². The van der Waals surface area contributed by atoms with E-state index in [9.17, 15) is 9.59 Å². The van der Waals surface area contributed by atoms with Gasteiger partial charge in [0.2, 0.25) is 11.8 Å². The van der Waals surface area contributed by atoms with Crippen LogP contribution < -0.4 is 9.64 Å². The summed E-state index contributed by atoms with van der Waals surface area (Å²) in [5.74, 6) is 1.69. The number of hydrogen-bond acceptors (Lipinski definition) is 7. The first kappa shape index (κ1) is 20.5. The van der Waals surface area contributed by atoms with E-state index >= 15 is 0 Å². The topological polar surface area (TPSA) is 66.0 Å². The number of pyridine rings is 1. The number of amides is 2. The number of rotatable bonds is 7. The summed E-state index contributed by atoms with van der Waals surface area (Å²) in [7, 11) is 1.64. The lowest BCUT2D eigenvalue weighted by atomic mass is 10.1. The molecule has 3 aliphatic rings. The minimum absolute atomic E-state index is 0.0312. The molecule has 0 N–H and O–H groups in total. The van der Waals surface area contributed by atoms with Gasteiger partial charge in [-0.1, -0.05) is 18.9 Å². The van der Waals surface area contributed by atoms with Crippen molar-refractivity contribution in [2.24, 2.45) is 0 Å². The third kappa shape index (κ3) is 4.38. The number of ether oxygens (including phenoxy) is 1. The molecule has 2 aliphatic heterocycles. The fourth-order valence-corrected chi connectivity index (χ4v) is 5.86. The van der Waals surface area contributed by atoms with Crippen molar-refractivity contribution < 1.29 is 14.3 Å². The largest absolute Gasteiger partial charge is 0.481 e. The fourth-order valence-electron chi connectivity index (χ4n) is 4.55. The van der Waals surface area contributed by atoms with Gasteiger partial charge in [0.15, 0.2) is 0 Å². The van der Waals surface area contributed by atoms with Crippen LogP contribution in [0.15, 0.2) is 18.2 Å². The van der Waals surface area contributed by atoms with Gasteiger partial charge in [0, 0.05) is 38.8 Å². The van der Waals surface area contributed by atoms with Gasteiger partial charge >= 0.3 is 0 Å². The lowest BCUT2D eigenvalue weighted by molar-refractivity contribution is -0.129. The second-order valence-corrected chi connectivity index (χ2v) is 9.43. The maximum atomic E-state index is 12.7. The Hall–Kier alpha value is -1.80. The molecule has 1 spiro atoms. The van der Waals surface area contributed by atoms with Gasteiger partial charge in [-0.15, -0.1) is 0 Å². The van der Waals surface area contributed by atoms with E-state index in [4.69, 9.17) is 4.74 Å². The molecule has 2 amide bonds. The Kier molecular flexibility index (Phi) is 6.29. The van der Waals surface area contributed by atoms with Gasteiger partial charge in [-0.05, 0) is 50.1 Å². The predicted octanol–water partition coefficient (Wildman–Crippen LogP) is 3.00. The molecule has 0 bridgehead atoms. The van der Waals surface area contributed by atoms with Crippen LogP contribution in [0.25, 0.3) is 0 Å². The summed E-state index contributed by atoms with van der Waals surface area (Å²) in [5, 5.41) is -0.0312.